The maximum Gasteiger partial charge on any atom is 0.323 e. The number of halogens is 2. The summed E-state index contributed by atoms with van der Waals surface area (Å²) in [5.41, 5.74) is 1.51. The highest BCUT2D eigenvalue weighted by molar-refractivity contribution is 6.31. The van der Waals surface area contributed by atoms with Gasteiger partial charge in [-0.05, 0) is 54.6 Å². The van der Waals surface area contributed by atoms with Gasteiger partial charge in [0.1, 0.15) is 35.4 Å². The molecule has 10 heteroatoms. The molecule has 0 fully saturated rings. The molecule has 0 aliphatic rings. The SMILES string of the molecule is CNC(=O)c1cc(Oc2ccc(NC(=O)Nc3cccc(OCc4c(F)cccc4Cl)c3)cc2)ccn1. The Morgan fingerprint density at radius 2 is 1.65 bits per heavy atom. The van der Waals surface area contributed by atoms with Gasteiger partial charge in [0.05, 0.1) is 5.02 Å². The first-order chi connectivity index (χ1) is 17.9. The second-order valence-electron chi connectivity index (χ2n) is 7.68. The molecule has 0 unspecified atom stereocenters. The third-order valence-corrected chi connectivity index (χ3v) is 5.43. The molecule has 3 amide bonds. The van der Waals surface area contributed by atoms with Crippen LogP contribution in [0.2, 0.25) is 5.02 Å². The number of carbonyl (C=O) groups is 2. The molecule has 4 aromatic rings. The fraction of sp³-hybridized carbons (Fsp3) is 0.0741. The fourth-order valence-corrected chi connectivity index (χ4v) is 3.47. The van der Waals surface area contributed by atoms with Crippen LogP contribution in [0.15, 0.2) is 85.1 Å². The molecule has 0 saturated carbocycles. The van der Waals surface area contributed by atoms with E-state index in [2.05, 4.69) is 20.9 Å². The van der Waals surface area contributed by atoms with Crippen LogP contribution in [0.4, 0.5) is 20.6 Å². The first kappa shape index (κ1) is 25.5. The minimum absolute atomic E-state index is 0.0534. The molecule has 188 valence electrons. The second-order valence-corrected chi connectivity index (χ2v) is 8.09. The minimum Gasteiger partial charge on any atom is -0.489 e. The van der Waals surface area contributed by atoms with E-state index in [9.17, 15) is 14.0 Å². The van der Waals surface area contributed by atoms with Gasteiger partial charge in [0.15, 0.2) is 0 Å². The van der Waals surface area contributed by atoms with Crippen molar-refractivity contribution < 1.29 is 23.5 Å². The Kier molecular flexibility index (Phi) is 8.17. The van der Waals surface area contributed by atoms with Crippen LogP contribution in [0, 0.1) is 5.82 Å². The molecule has 0 saturated heterocycles. The lowest BCUT2D eigenvalue weighted by Gasteiger charge is -2.12. The van der Waals surface area contributed by atoms with E-state index in [1.165, 1.54) is 31.4 Å². The van der Waals surface area contributed by atoms with Gasteiger partial charge in [-0.2, -0.15) is 0 Å². The Labute approximate surface area is 217 Å². The van der Waals surface area contributed by atoms with Gasteiger partial charge in [0, 0.05) is 42.3 Å². The number of hydrogen-bond acceptors (Lipinski definition) is 5. The summed E-state index contributed by atoms with van der Waals surface area (Å²) in [6, 6.07) is 20.5. The van der Waals surface area contributed by atoms with Gasteiger partial charge in [-0.1, -0.05) is 23.7 Å². The second kappa shape index (κ2) is 11.9. The highest BCUT2D eigenvalue weighted by Crippen LogP contribution is 2.25. The van der Waals surface area contributed by atoms with E-state index in [1.807, 2.05) is 0 Å². The maximum atomic E-state index is 13.9. The predicted molar refractivity (Wildman–Crippen MR) is 139 cm³/mol. The van der Waals surface area contributed by atoms with Crippen LogP contribution >= 0.6 is 11.6 Å². The number of carbonyl (C=O) groups excluding carboxylic acids is 2. The lowest BCUT2D eigenvalue weighted by Crippen LogP contribution is -2.19. The molecule has 37 heavy (non-hydrogen) atoms. The van der Waals surface area contributed by atoms with Crippen molar-refractivity contribution in [3.05, 3.63) is 107 Å². The summed E-state index contributed by atoms with van der Waals surface area (Å²) in [4.78, 5) is 28.2. The zero-order valence-electron chi connectivity index (χ0n) is 19.6. The molecule has 0 spiro atoms. The standard InChI is InChI=1S/C27H22ClFN4O4/c1-30-26(34)25-15-21(12-13-31-25)37-19-10-8-17(9-11-19)32-27(35)33-18-4-2-5-20(14-18)36-16-22-23(28)6-3-7-24(22)29/h2-15H,16H2,1H3,(H,30,34)(H2,32,33,35). The van der Waals surface area contributed by atoms with Crippen molar-refractivity contribution in [2.45, 2.75) is 6.61 Å². The van der Waals surface area contributed by atoms with E-state index in [0.29, 0.717) is 28.6 Å². The molecule has 4 rings (SSSR count). The number of pyridine rings is 1. The largest absolute Gasteiger partial charge is 0.489 e. The molecule has 3 N–H and O–H groups in total. The van der Waals surface area contributed by atoms with E-state index in [-0.39, 0.29) is 28.8 Å². The molecule has 3 aromatic carbocycles. The van der Waals surface area contributed by atoms with E-state index in [0.717, 1.165) is 0 Å². The topological polar surface area (TPSA) is 102 Å². The van der Waals surface area contributed by atoms with Crippen LogP contribution < -0.4 is 25.4 Å². The third-order valence-electron chi connectivity index (χ3n) is 5.08. The summed E-state index contributed by atoms with van der Waals surface area (Å²) in [7, 11) is 1.52. The van der Waals surface area contributed by atoms with Gasteiger partial charge in [-0.15, -0.1) is 0 Å². The molecule has 0 radical (unpaired) electrons. The van der Waals surface area contributed by atoms with Gasteiger partial charge < -0.3 is 25.4 Å². The number of rotatable bonds is 8. The number of amides is 3. The fourth-order valence-electron chi connectivity index (χ4n) is 3.25. The van der Waals surface area contributed by atoms with Gasteiger partial charge in [-0.3, -0.25) is 9.78 Å². The van der Waals surface area contributed by atoms with Crippen molar-refractivity contribution in [2.24, 2.45) is 0 Å². The molecular weight excluding hydrogens is 499 g/mol. The van der Waals surface area contributed by atoms with Crippen molar-refractivity contribution in [3.63, 3.8) is 0 Å². The van der Waals surface area contributed by atoms with E-state index in [1.54, 1.807) is 60.7 Å². The summed E-state index contributed by atoms with van der Waals surface area (Å²) in [5, 5.41) is 8.24. The van der Waals surface area contributed by atoms with E-state index < -0.39 is 11.8 Å². The van der Waals surface area contributed by atoms with Crippen molar-refractivity contribution in [1.29, 1.82) is 0 Å². The van der Waals surface area contributed by atoms with Crippen LogP contribution in [0.1, 0.15) is 16.1 Å². The number of ether oxygens (including phenoxy) is 2. The Hall–Kier alpha value is -4.63. The zero-order valence-corrected chi connectivity index (χ0v) is 20.4. The average molecular weight is 521 g/mol. The molecule has 8 nitrogen and oxygen atoms in total. The van der Waals surface area contributed by atoms with E-state index >= 15 is 0 Å². The Balaban J connectivity index is 1.32. The number of hydrogen-bond donors (Lipinski definition) is 3. The highest BCUT2D eigenvalue weighted by atomic mass is 35.5. The lowest BCUT2D eigenvalue weighted by atomic mass is 10.2. The van der Waals surface area contributed by atoms with Gasteiger partial charge in [-0.25, -0.2) is 9.18 Å². The molecule has 0 aliphatic carbocycles. The summed E-state index contributed by atoms with van der Waals surface area (Å²) in [5.74, 6) is 0.634. The number of nitrogens with zero attached hydrogens (tertiary/aromatic N) is 1. The minimum atomic E-state index is -0.465. The van der Waals surface area contributed by atoms with Crippen molar-refractivity contribution in [1.82, 2.24) is 10.3 Å². The first-order valence-corrected chi connectivity index (χ1v) is 11.5. The summed E-state index contributed by atoms with van der Waals surface area (Å²) in [6.07, 6.45) is 1.48. The molecule has 0 aliphatic heterocycles. The van der Waals surface area contributed by atoms with Gasteiger partial charge in [0.25, 0.3) is 5.91 Å². The Morgan fingerprint density at radius 3 is 2.41 bits per heavy atom. The molecule has 1 aromatic heterocycles. The number of benzene rings is 3. The first-order valence-electron chi connectivity index (χ1n) is 11.1. The van der Waals surface area contributed by atoms with Crippen LogP contribution in [-0.2, 0) is 6.61 Å². The van der Waals surface area contributed by atoms with Crippen LogP contribution in [-0.4, -0.2) is 24.0 Å². The summed E-state index contributed by atoms with van der Waals surface area (Å²) < 4.78 is 25.4. The lowest BCUT2D eigenvalue weighted by molar-refractivity contribution is 0.0957. The van der Waals surface area contributed by atoms with E-state index in [4.69, 9.17) is 21.1 Å². The van der Waals surface area contributed by atoms with Gasteiger partial charge >= 0.3 is 6.03 Å². The quantitative estimate of drug-likeness (QED) is 0.255. The molecular formula is C27H22ClFN4O4. The average Bonchev–Trinajstić information content (AvgIpc) is 2.89. The smallest absolute Gasteiger partial charge is 0.323 e. The van der Waals surface area contributed by atoms with Crippen molar-refractivity contribution in [2.75, 3.05) is 17.7 Å². The predicted octanol–water partition coefficient (Wildman–Crippen LogP) is 6.25. The summed E-state index contributed by atoms with van der Waals surface area (Å²) >= 11 is 6.04. The Bertz CT molecular complexity index is 1400. The third kappa shape index (κ3) is 6.96. The monoisotopic (exact) mass is 520 g/mol. The number of aromatic nitrogens is 1. The van der Waals surface area contributed by atoms with Gasteiger partial charge in [0.2, 0.25) is 0 Å². The van der Waals surface area contributed by atoms with Crippen molar-refractivity contribution in [3.8, 4) is 17.2 Å². The van der Waals surface area contributed by atoms with Crippen LogP contribution in [0.5, 0.6) is 17.2 Å². The summed E-state index contributed by atoms with van der Waals surface area (Å²) in [6.45, 7) is -0.0534. The van der Waals surface area contributed by atoms with Crippen LogP contribution in [0.3, 0.4) is 0 Å². The number of anilines is 2. The molecule has 1 heterocycles. The van der Waals surface area contributed by atoms with Crippen molar-refractivity contribution >= 4 is 34.9 Å². The van der Waals surface area contributed by atoms with Crippen LogP contribution in [0.25, 0.3) is 0 Å². The normalized spacial score (nSPS) is 10.4. The Morgan fingerprint density at radius 1 is 0.892 bits per heavy atom. The molecule has 0 atom stereocenters. The number of urea groups is 1. The highest BCUT2D eigenvalue weighted by Gasteiger charge is 2.10. The number of nitrogens with one attached hydrogen (secondary N) is 3. The zero-order chi connectivity index (χ0) is 26.2. The maximum absolute atomic E-state index is 13.9. The molecule has 0 bridgehead atoms.